The Morgan fingerprint density at radius 1 is 0.963 bits per heavy atom. The van der Waals surface area contributed by atoms with Crippen LogP contribution in [0.3, 0.4) is 0 Å². The van der Waals surface area contributed by atoms with Crippen LogP contribution in [0.4, 0.5) is 21.6 Å². The Morgan fingerprint density at radius 3 is 2.26 bits per heavy atom. The van der Waals surface area contributed by atoms with E-state index < -0.39 is 0 Å². The fraction of sp³-hybridized carbons (Fsp3) is 0.182. The Morgan fingerprint density at radius 2 is 1.67 bits per heavy atom. The molecule has 27 heavy (non-hydrogen) atoms. The van der Waals surface area contributed by atoms with E-state index in [4.69, 9.17) is 0 Å². The minimum absolute atomic E-state index is 0.0417. The number of carbonyl (C=O) groups is 1. The standard InChI is InChI=1S/C22H22FN3O/c1-22(2,3)16-10-8-15(9-11-16)21(27)25-17-12-13-20(24-14-17)26-19-7-5-4-6-18(19)23/h4-14H,1-3H3,(H,24,26)(H,25,27). The van der Waals surface area contributed by atoms with Gasteiger partial charge in [0.2, 0.25) is 0 Å². The number of nitrogens with one attached hydrogen (secondary N) is 2. The van der Waals surface area contributed by atoms with Crippen molar-refractivity contribution in [3.63, 3.8) is 0 Å². The summed E-state index contributed by atoms with van der Waals surface area (Å²) in [5.41, 5.74) is 2.71. The number of aromatic nitrogens is 1. The van der Waals surface area contributed by atoms with Crippen LogP contribution < -0.4 is 10.6 Å². The third-order valence-electron chi connectivity index (χ3n) is 4.17. The van der Waals surface area contributed by atoms with Crippen LogP contribution >= 0.6 is 0 Å². The predicted octanol–water partition coefficient (Wildman–Crippen LogP) is 5.51. The van der Waals surface area contributed by atoms with E-state index >= 15 is 0 Å². The van der Waals surface area contributed by atoms with Crippen molar-refractivity contribution in [3.05, 3.63) is 83.8 Å². The molecule has 0 fully saturated rings. The van der Waals surface area contributed by atoms with Gasteiger partial charge in [0, 0.05) is 5.56 Å². The van der Waals surface area contributed by atoms with Gasteiger partial charge in [-0.15, -0.1) is 0 Å². The molecule has 2 aromatic carbocycles. The van der Waals surface area contributed by atoms with Gasteiger partial charge < -0.3 is 10.6 Å². The van der Waals surface area contributed by atoms with Gasteiger partial charge in [-0.05, 0) is 47.4 Å². The van der Waals surface area contributed by atoms with Crippen molar-refractivity contribution in [1.82, 2.24) is 4.98 Å². The van der Waals surface area contributed by atoms with Crippen LogP contribution in [0, 0.1) is 5.82 Å². The van der Waals surface area contributed by atoms with Crippen LogP contribution in [0.15, 0.2) is 66.9 Å². The van der Waals surface area contributed by atoms with Crippen molar-refractivity contribution >= 4 is 23.1 Å². The van der Waals surface area contributed by atoms with Gasteiger partial charge in [0.1, 0.15) is 11.6 Å². The van der Waals surface area contributed by atoms with E-state index in [1.54, 1.807) is 30.3 Å². The van der Waals surface area contributed by atoms with E-state index in [1.165, 1.54) is 17.8 Å². The Labute approximate surface area is 158 Å². The molecule has 138 valence electrons. The number of hydrogen-bond donors (Lipinski definition) is 2. The number of rotatable bonds is 4. The maximum absolute atomic E-state index is 13.7. The molecule has 0 atom stereocenters. The van der Waals surface area contributed by atoms with Crippen molar-refractivity contribution in [2.24, 2.45) is 0 Å². The van der Waals surface area contributed by atoms with Gasteiger partial charge in [0.15, 0.2) is 0 Å². The topological polar surface area (TPSA) is 54.0 Å². The second-order valence-corrected chi connectivity index (χ2v) is 7.32. The first kappa shape index (κ1) is 18.6. The summed E-state index contributed by atoms with van der Waals surface area (Å²) in [4.78, 5) is 16.6. The first-order valence-corrected chi connectivity index (χ1v) is 8.72. The molecular formula is C22H22FN3O. The average molecular weight is 363 g/mol. The Balaban J connectivity index is 1.66. The second-order valence-electron chi connectivity index (χ2n) is 7.32. The molecule has 0 radical (unpaired) electrons. The van der Waals surface area contributed by atoms with Crippen LogP contribution in [0.25, 0.3) is 0 Å². The monoisotopic (exact) mass is 363 g/mol. The fourth-order valence-corrected chi connectivity index (χ4v) is 2.57. The van der Waals surface area contributed by atoms with Gasteiger partial charge >= 0.3 is 0 Å². The molecule has 0 unspecified atom stereocenters. The molecule has 3 rings (SSSR count). The lowest BCUT2D eigenvalue weighted by Crippen LogP contribution is -2.14. The number of halogens is 1. The molecule has 4 nitrogen and oxygen atoms in total. The highest BCUT2D eigenvalue weighted by Crippen LogP contribution is 2.23. The van der Waals surface area contributed by atoms with Crippen LogP contribution in [0.2, 0.25) is 0 Å². The minimum Gasteiger partial charge on any atom is -0.338 e. The molecular weight excluding hydrogens is 341 g/mol. The molecule has 0 saturated heterocycles. The third kappa shape index (κ3) is 4.70. The summed E-state index contributed by atoms with van der Waals surface area (Å²) < 4.78 is 13.7. The van der Waals surface area contributed by atoms with E-state index in [2.05, 4.69) is 36.4 Å². The summed E-state index contributed by atoms with van der Waals surface area (Å²) in [5.74, 6) is -0.0601. The van der Waals surface area contributed by atoms with Crippen molar-refractivity contribution in [3.8, 4) is 0 Å². The Bertz CT molecular complexity index is 929. The van der Waals surface area contributed by atoms with Gasteiger partial charge in [-0.3, -0.25) is 4.79 Å². The zero-order chi connectivity index (χ0) is 19.4. The minimum atomic E-state index is -0.351. The smallest absolute Gasteiger partial charge is 0.255 e. The summed E-state index contributed by atoms with van der Waals surface area (Å²) >= 11 is 0. The molecule has 0 saturated carbocycles. The number of benzene rings is 2. The quantitative estimate of drug-likeness (QED) is 0.642. The molecule has 3 aromatic rings. The average Bonchev–Trinajstić information content (AvgIpc) is 2.64. The summed E-state index contributed by atoms with van der Waals surface area (Å²) in [6.07, 6.45) is 1.53. The van der Waals surface area contributed by atoms with Gasteiger partial charge in [-0.25, -0.2) is 9.37 Å². The molecule has 0 spiro atoms. The number of amides is 1. The number of para-hydroxylation sites is 1. The maximum Gasteiger partial charge on any atom is 0.255 e. The number of carbonyl (C=O) groups excluding carboxylic acids is 1. The van der Waals surface area contributed by atoms with E-state index in [0.717, 1.165) is 0 Å². The maximum atomic E-state index is 13.7. The Hall–Kier alpha value is -3.21. The summed E-state index contributed by atoms with van der Waals surface area (Å²) in [6.45, 7) is 6.39. The van der Waals surface area contributed by atoms with E-state index in [0.29, 0.717) is 22.8 Å². The molecule has 1 aromatic heterocycles. The molecule has 1 amide bonds. The molecule has 0 bridgehead atoms. The van der Waals surface area contributed by atoms with E-state index in [-0.39, 0.29) is 17.1 Å². The predicted molar refractivity (Wildman–Crippen MR) is 107 cm³/mol. The third-order valence-corrected chi connectivity index (χ3v) is 4.17. The van der Waals surface area contributed by atoms with Gasteiger partial charge in [-0.1, -0.05) is 45.0 Å². The normalized spacial score (nSPS) is 11.1. The number of anilines is 3. The molecule has 5 heteroatoms. The lowest BCUT2D eigenvalue weighted by molar-refractivity contribution is 0.102. The van der Waals surface area contributed by atoms with Gasteiger partial charge in [0.05, 0.1) is 17.6 Å². The molecule has 1 heterocycles. The highest BCUT2D eigenvalue weighted by Gasteiger charge is 2.14. The summed E-state index contributed by atoms with van der Waals surface area (Å²) in [6, 6.07) is 17.3. The summed E-state index contributed by atoms with van der Waals surface area (Å²) in [7, 11) is 0. The first-order chi connectivity index (χ1) is 12.8. The summed E-state index contributed by atoms with van der Waals surface area (Å²) in [5, 5.41) is 5.72. The lowest BCUT2D eigenvalue weighted by atomic mass is 9.87. The van der Waals surface area contributed by atoms with Crippen molar-refractivity contribution in [2.75, 3.05) is 10.6 Å². The molecule has 0 aliphatic carbocycles. The van der Waals surface area contributed by atoms with Crippen LogP contribution in [0.5, 0.6) is 0 Å². The Kier molecular flexibility index (Phi) is 5.21. The number of hydrogen-bond acceptors (Lipinski definition) is 3. The highest BCUT2D eigenvalue weighted by molar-refractivity contribution is 6.04. The van der Waals surface area contributed by atoms with Crippen LogP contribution in [-0.4, -0.2) is 10.9 Å². The van der Waals surface area contributed by atoms with Crippen molar-refractivity contribution in [1.29, 1.82) is 0 Å². The largest absolute Gasteiger partial charge is 0.338 e. The lowest BCUT2D eigenvalue weighted by Gasteiger charge is -2.19. The highest BCUT2D eigenvalue weighted by atomic mass is 19.1. The SMILES string of the molecule is CC(C)(C)c1ccc(C(=O)Nc2ccc(Nc3ccccc3F)nc2)cc1. The van der Waals surface area contributed by atoms with Gasteiger partial charge in [0.25, 0.3) is 5.91 Å². The van der Waals surface area contributed by atoms with Gasteiger partial charge in [-0.2, -0.15) is 0 Å². The molecule has 0 aliphatic rings. The zero-order valence-electron chi connectivity index (χ0n) is 15.6. The van der Waals surface area contributed by atoms with Crippen LogP contribution in [-0.2, 0) is 5.41 Å². The van der Waals surface area contributed by atoms with Crippen LogP contribution in [0.1, 0.15) is 36.7 Å². The number of pyridine rings is 1. The van der Waals surface area contributed by atoms with Crippen molar-refractivity contribution in [2.45, 2.75) is 26.2 Å². The molecule has 0 aliphatic heterocycles. The van der Waals surface area contributed by atoms with E-state index in [1.807, 2.05) is 24.3 Å². The first-order valence-electron chi connectivity index (χ1n) is 8.72. The van der Waals surface area contributed by atoms with Crippen molar-refractivity contribution < 1.29 is 9.18 Å². The second kappa shape index (κ2) is 7.58. The zero-order valence-corrected chi connectivity index (χ0v) is 15.6. The fourth-order valence-electron chi connectivity index (χ4n) is 2.57. The van der Waals surface area contributed by atoms with E-state index in [9.17, 15) is 9.18 Å². The number of nitrogens with zero attached hydrogens (tertiary/aromatic N) is 1. The molecule has 2 N–H and O–H groups in total.